The Balaban J connectivity index is 1.64. The molecule has 2 amide bonds. The monoisotopic (exact) mass is 503 g/mol. The van der Waals surface area contributed by atoms with Crippen LogP contribution in [0.3, 0.4) is 0 Å². The maximum atomic E-state index is 13.2. The number of nitro groups is 1. The average Bonchev–Trinajstić information content (AvgIpc) is 2.83. The lowest BCUT2D eigenvalue weighted by Crippen LogP contribution is -2.50. The van der Waals surface area contributed by atoms with Gasteiger partial charge in [0, 0.05) is 35.5 Å². The minimum Gasteiger partial charge on any atom is -0.352 e. The Hall–Kier alpha value is -2.58. The molecule has 0 radical (unpaired) electrons. The second-order valence-corrected chi connectivity index (χ2v) is 10.0. The van der Waals surface area contributed by atoms with E-state index in [1.807, 2.05) is 12.1 Å². The van der Waals surface area contributed by atoms with Gasteiger partial charge >= 0.3 is 0 Å². The Bertz CT molecular complexity index is 996. The molecule has 7 nitrogen and oxygen atoms in total. The SMILES string of the molecule is CC(C(=O)NC1CCCCC1)N(Cc1cccc(Cl)c1)C(=O)CSCc1ccc([N+](=O)[O-])cc1. The molecule has 9 heteroatoms. The van der Waals surface area contributed by atoms with Crippen LogP contribution < -0.4 is 5.32 Å². The molecular formula is C25H30ClN3O4S. The van der Waals surface area contributed by atoms with Crippen LogP contribution in [0.4, 0.5) is 5.69 Å². The number of nitrogens with one attached hydrogen (secondary N) is 1. The molecule has 1 atom stereocenters. The van der Waals surface area contributed by atoms with Crippen molar-refractivity contribution in [1.82, 2.24) is 10.2 Å². The number of nitro benzene ring substituents is 1. The predicted octanol–water partition coefficient (Wildman–Crippen LogP) is 5.35. The van der Waals surface area contributed by atoms with Crippen molar-refractivity contribution in [2.24, 2.45) is 0 Å². The summed E-state index contributed by atoms with van der Waals surface area (Å²) in [6, 6.07) is 13.2. The van der Waals surface area contributed by atoms with Gasteiger partial charge in [0.15, 0.2) is 0 Å². The van der Waals surface area contributed by atoms with E-state index in [4.69, 9.17) is 11.6 Å². The van der Waals surface area contributed by atoms with E-state index in [0.29, 0.717) is 10.8 Å². The number of carbonyl (C=O) groups excluding carboxylic acids is 2. The number of hydrogen-bond donors (Lipinski definition) is 1. The summed E-state index contributed by atoms with van der Waals surface area (Å²) in [7, 11) is 0. The number of carbonyl (C=O) groups is 2. The zero-order valence-electron chi connectivity index (χ0n) is 19.2. The summed E-state index contributed by atoms with van der Waals surface area (Å²) in [4.78, 5) is 38.2. The first-order chi connectivity index (χ1) is 16.3. The summed E-state index contributed by atoms with van der Waals surface area (Å²) < 4.78 is 0. The van der Waals surface area contributed by atoms with Crippen LogP contribution >= 0.6 is 23.4 Å². The summed E-state index contributed by atoms with van der Waals surface area (Å²) in [6.45, 7) is 2.05. The van der Waals surface area contributed by atoms with Gasteiger partial charge in [0.1, 0.15) is 6.04 Å². The summed E-state index contributed by atoms with van der Waals surface area (Å²) in [5.41, 5.74) is 1.79. The van der Waals surface area contributed by atoms with E-state index >= 15 is 0 Å². The van der Waals surface area contributed by atoms with Gasteiger partial charge in [0.05, 0.1) is 10.7 Å². The van der Waals surface area contributed by atoms with Gasteiger partial charge in [-0.15, -0.1) is 11.8 Å². The predicted molar refractivity (Wildman–Crippen MR) is 136 cm³/mol. The quantitative estimate of drug-likeness (QED) is 0.348. The molecule has 182 valence electrons. The first-order valence-corrected chi connectivity index (χ1v) is 13.0. The van der Waals surface area contributed by atoms with Crippen molar-refractivity contribution < 1.29 is 14.5 Å². The largest absolute Gasteiger partial charge is 0.352 e. The molecule has 0 saturated heterocycles. The standard InChI is InChI=1S/C25H30ClN3O4S/c1-18(25(31)27-22-8-3-2-4-9-22)28(15-20-6-5-7-21(26)14-20)24(30)17-34-16-19-10-12-23(13-11-19)29(32)33/h5-7,10-14,18,22H,2-4,8-9,15-17H2,1H3,(H,27,31). The molecule has 1 aliphatic carbocycles. The van der Waals surface area contributed by atoms with E-state index < -0.39 is 11.0 Å². The van der Waals surface area contributed by atoms with Gasteiger partial charge < -0.3 is 10.2 Å². The Morgan fingerprint density at radius 3 is 2.50 bits per heavy atom. The van der Waals surface area contributed by atoms with E-state index in [0.717, 1.165) is 36.8 Å². The third-order valence-corrected chi connectivity index (χ3v) is 7.23. The molecular weight excluding hydrogens is 474 g/mol. The Morgan fingerprint density at radius 1 is 1.15 bits per heavy atom. The number of nitrogens with zero attached hydrogens (tertiary/aromatic N) is 2. The molecule has 3 rings (SSSR count). The van der Waals surface area contributed by atoms with Crippen LogP contribution in [-0.4, -0.2) is 39.5 Å². The normalized spacial score (nSPS) is 14.9. The summed E-state index contributed by atoms with van der Waals surface area (Å²) in [5, 5.41) is 14.5. The zero-order chi connectivity index (χ0) is 24.5. The second-order valence-electron chi connectivity index (χ2n) is 8.59. The molecule has 0 heterocycles. The number of rotatable bonds is 10. The molecule has 2 aromatic rings. The highest BCUT2D eigenvalue weighted by Crippen LogP contribution is 2.21. The highest BCUT2D eigenvalue weighted by atomic mass is 35.5. The van der Waals surface area contributed by atoms with E-state index in [1.54, 1.807) is 36.1 Å². The van der Waals surface area contributed by atoms with Crippen LogP contribution in [0.25, 0.3) is 0 Å². The van der Waals surface area contributed by atoms with Crippen molar-refractivity contribution in [2.75, 3.05) is 5.75 Å². The fourth-order valence-corrected chi connectivity index (χ4v) is 5.12. The van der Waals surface area contributed by atoms with Crippen molar-refractivity contribution in [2.45, 2.75) is 63.4 Å². The van der Waals surface area contributed by atoms with Crippen LogP contribution in [0, 0.1) is 10.1 Å². The molecule has 2 aromatic carbocycles. The smallest absolute Gasteiger partial charge is 0.269 e. The van der Waals surface area contributed by atoms with Gasteiger partial charge in [0.25, 0.3) is 5.69 Å². The van der Waals surface area contributed by atoms with Gasteiger partial charge in [-0.25, -0.2) is 0 Å². The van der Waals surface area contributed by atoms with Gasteiger partial charge in [-0.3, -0.25) is 19.7 Å². The van der Waals surface area contributed by atoms with E-state index in [2.05, 4.69) is 5.32 Å². The summed E-state index contributed by atoms with van der Waals surface area (Å²) >= 11 is 7.55. The number of benzene rings is 2. The third-order valence-electron chi connectivity index (χ3n) is 6.00. The number of hydrogen-bond acceptors (Lipinski definition) is 5. The molecule has 0 bridgehead atoms. The third kappa shape index (κ3) is 7.74. The molecule has 1 aliphatic rings. The van der Waals surface area contributed by atoms with Gasteiger partial charge in [-0.2, -0.15) is 0 Å². The Labute approximate surface area is 209 Å². The minimum atomic E-state index is -0.617. The van der Waals surface area contributed by atoms with Crippen LogP contribution in [0.2, 0.25) is 5.02 Å². The first kappa shape index (κ1) is 26.0. The Morgan fingerprint density at radius 2 is 1.85 bits per heavy atom. The summed E-state index contributed by atoms with van der Waals surface area (Å²) in [5.74, 6) is 0.455. The fraction of sp³-hybridized carbons (Fsp3) is 0.440. The Kier molecular flexibility index (Phi) is 9.77. The van der Waals surface area contributed by atoms with Crippen LogP contribution in [0.5, 0.6) is 0 Å². The maximum absolute atomic E-state index is 13.2. The lowest BCUT2D eigenvalue weighted by atomic mass is 9.95. The number of non-ortho nitro benzene ring substituents is 1. The highest BCUT2D eigenvalue weighted by molar-refractivity contribution is 7.99. The molecule has 0 spiro atoms. The lowest BCUT2D eigenvalue weighted by molar-refractivity contribution is -0.384. The van der Waals surface area contributed by atoms with Crippen molar-refractivity contribution in [3.8, 4) is 0 Å². The number of thioether (sulfide) groups is 1. The van der Waals surface area contributed by atoms with E-state index in [9.17, 15) is 19.7 Å². The molecule has 0 aliphatic heterocycles. The molecule has 1 N–H and O–H groups in total. The molecule has 1 fully saturated rings. The number of amides is 2. The van der Waals surface area contributed by atoms with Gasteiger partial charge in [-0.05, 0) is 43.0 Å². The zero-order valence-corrected chi connectivity index (χ0v) is 20.8. The van der Waals surface area contributed by atoms with Crippen molar-refractivity contribution in [1.29, 1.82) is 0 Å². The van der Waals surface area contributed by atoms with Crippen molar-refractivity contribution in [3.05, 3.63) is 74.8 Å². The second kappa shape index (κ2) is 12.8. The van der Waals surface area contributed by atoms with Gasteiger partial charge in [0.2, 0.25) is 11.8 Å². The first-order valence-electron chi connectivity index (χ1n) is 11.5. The average molecular weight is 504 g/mol. The lowest BCUT2D eigenvalue weighted by Gasteiger charge is -2.31. The molecule has 34 heavy (non-hydrogen) atoms. The van der Waals surface area contributed by atoms with Crippen LogP contribution in [0.1, 0.15) is 50.2 Å². The van der Waals surface area contributed by atoms with Crippen molar-refractivity contribution in [3.63, 3.8) is 0 Å². The molecule has 1 unspecified atom stereocenters. The maximum Gasteiger partial charge on any atom is 0.269 e. The molecule has 1 saturated carbocycles. The number of halogens is 1. The van der Waals surface area contributed by atoms with Gasteiger partial charge in [-0.1, -0.05) is 55.1 Å². The highest BCUT2D eigenvalue weighted by Gasteiger charge is 2.28. The van der Waals surface area contributed by atoms with Crippen LogP contribution in [0.15, 0.2) is 48.5 Å². The minimum absolute atomic E-state index is 0.0373. The fourth-order valence-electron chi connectivity index (χ4n) is 4.04. The van der Waals surface area contributed by atoms with E-state index in [-0.39, 0.29) is 35.8 Å². The topological polar surface area (TPSA) is 92.6 Å². The molecule has 0 aromatic heterocycles. The van der Waals surface area contributed by atoms with Crippen LogP contribution in [-0.2, 0) is 21.9 Å². The van der Waals surface area contributed by atoms with Crippen molar-refractivity contribution >= 4 is 40.9 Å². The van der Waals surface area contributed by atoms with E-state index in [1.165, 1.54) is 30.3 Å². The summed E-state index contributed by atoms with van der Waals surface area (Å²) in [6.07, 6.45) is 5.39.